The van der Waals surface area contributed by atoms with Crippen molar-refractivity contribution < 1.29 is 23.1 Å². The molecule has 1 amide bonds. The van der Waals surface area contributed by atoms with E-state index in [-0.39, 0.29) is 48.0 Å². The topological polar surface area (TPSA) is 108 Å². The Morgan fingerprint density at radius 1 is 1.17 bits per heavy atom. The lowest BCUT2D eigenvalue weighted by atomic mass is 9.87. The molecule has 4 aromatic rings. The van der Waals surface area contributed by atoms with Gasteiger partial charge in [0.2, 0.25) is 5.91 Å². The largest absolute Gasteiger partial charge is 0.461 e. The van der Waals surface area contributed by atoms with Gasteiger partial charge in [0.05, 0.1) is 29.2 Å². The van der Waals surface area contributed by atoms with Crippen LogP contribution in [0.1, 0.15) is 39.5 Å². The molecular weight excluding hydrogens is 690 g/mol. The number of carbonyl (C=O) groups excluding carboxylic acids is 1. The molecule has 2 aromatic carbocycles. The molecule has 4 unspecified atom stereocenters. The van der Waals surface area contributed by atoms with E-state index in [2.05, 4.69) is 44.4 Å². The van der Waals surface area contributed by atoms with E-state index >= 15 is 4.39 Å². The van der Waals surface area contributed by atoms with Gasteiger partial charge in [-0.3, -0.25) is 24.8 Å². The van der Waals surface area contributed by atoms with E-state index in [1.165, 1.54) is 0 Å². The summed E-state index contributed by atoms with van der Waals surface area (Å²) in [4.78, 5) is 39.2. The first-order chi connectivity index (χ1) is 25.2. The molecule has 8 heterocycles. The van der Waals surface area contributed by atoms with Crippen molar-refractivity contribution in [3.05, 3.63) is 65.6 Å². The Labute approximate surface area is 305 Å². The number of ether oxygens (including phenoxy) is 1. The highest BCUT2D eigenvalue weighted by Crippen LogP contribution is 2.44. The molecule has 272 valence electrons. The number of nitrogens with one attached hydrogen (secondary N) is 2. The first-order valence-electron chi connectivity index (χ1n) is 18.2. The lowest BCUT2D eigenvalue weighted by Gasteiger charge is -2.56. The van der Waals surface area contributed by atoms with Gasteiger partial charge in [-0.15, -0.1) is 0 Å². The molecule has 0 radical (unpaired) electrons. The minimum atomic E-state index is -0.910. The smallest absolute Gasteiger partial charge is 0.319 e. The predicted molar refractivity (Wildman–Crippen MR) is 194 cm³/mol. The fourth-order valence-corrected chi connectivity index (χ4v) is 9.12. The number of halogens is 3. The number of piperidine rings is 1. The zero-order chi connectivity index (χ0) is 35.7. The van der Waals surface area contributed by atoms with Gasteiger partial charge >= 0.3 is 6.01 Å². The molecule has 6 aliphatic heterocycles. The van der Waals surface area contributed by atoms with Gasteiger partial charge in [-0.1, -0.05) is 55.8 Å². The van der Waals surface area contributed by atoms with E-state index in [4.69, 9.17) is 26.2 Å². The zero-order valence-electron chi connectivity index (χ0n) is 29.1. The van der Waals surface area contributed by atoms with Gasteiger partial charge in [0.15, 0.2) is 5.82 Å². The number of hydrogen-bond acceptors (Lipinski definition) is 10. The van der Waals surface area contributed by atoms with E-state index in [0.717, 1.165) is 31.2 Å². The van der Waals surface area contributed by atoms with Crippen molar-refractivity contribution >= 4 is 45.0 Å². The Morgan fingerprint density at radius 3 is 2.77 bits per heavy atom. The highest BCUT2D eigenvalue weighted by atomic mass is 35.5. The molecule has 6 aliphatic rings. The fraction of sp³-hybridized carbons (Fsp3) is 0.474. The Kier molecular flexibility index (Phi) is 8.54. The average Bonchev–Trinajstić information content (AvgIpc) is 3.85. The number of nitrogens with zero attached hydrogens (tertiary/aromatic N) is 6. The predicted octanol–water partition coefficient (Wildman–Crippen LogP) is 5.37. The number of fused-ring (bicyclic) bond motifs is 5. The van der Waals surface area contributed by atoms with Crippen LogP contribution >= 0.6 is 11.6 Å². The highest BCUT2D eigenvalue weighted by Gasteiger charge is 2.50. The van der Waals surface area contributed by atoms with Gasteiger partial charge in [-0.25, -0.2) is 8.78 Å². The molecule has 0 spiro atoms. The third-order valence-corrected chi connectivity index (χ3v) is 11.8. The van der Waals surface area contributed by atoms with Gasteiger partial charge in [0.1, 0.15) is 36.0 Å². The maximum absolute atomic E-state index is 16.9. The summed E-state index contributed by atoms with van der Waals surface area (Å²) in [6.45, 7) is 6.55. The summed E-state index contributed by atoms with van der Waals surface area (Å²) in [6, 6.07) is 11.1. The molecule has 0 aliphatic carbocycles. The van der Waals surface area contributed by atoms with Crippen LogP contribution in [-0.4, -0.2) is 99.6 Å². The summed E-state index contributed by atoms with van der Waals surface area (Å²) in [5.74, 6) is 0.141. The molecule has 6 atom stereocenters. The van der Waals surface area contributed by atoms with Crippen molar-refractivity contribution in [1.82, 2.24) is 35.5 Å². The van der Waals surface area contributed by atoms with E-state index in [1.54, 1.807) is 30.5 Å². The second-order valence-corrected chi connectivity index (χ2v) is 15.5. The number of hydroxylamine groups is 1. The number of piperazine rings is 1. The van der Waals surface area contributed by atoms with Crippen molar-refractivity contribution in [3.63, 3.8) is 0 Å². The van der Waals surface area contributed by atoms with Gasteiger partial charge in [-0.2, -0.15) is 15.4 Å². The third-order valence-electron chi connectivity index (χ3n) is 11.5. The van der Waals surface area contributed by atoms with Crippen LogP contribution in [0.2, 0.25) is 5.02 Å². The van der Waals surface area contributed by atoms with Crippen LogP contribution in [0.15, 0.2) is 54.7 Å². The Morgan fingerprint density at radius 2 is 1.98 bits per heavy atom. The Bertz CT molecular complexity index is 2070. The van der Waals surface area contributed by atoms with E-state index in [0.29, 0.717) is 59.1 Å². The molecule has 2 aromatic heterocycles. The number of carbonyl (C=O) groups is 1. The van der Waals surface area contributed by atoms with Crippen LogP contribution in [0, 0.1) is 11.7 Å². The molecule has 6 fully saturated rings. The van der Waals surface area contributed by atoms with Crippen molar-refractivity contribution in [2.75, 3.05) is 37.7 Å². The quantitative estimate of drug-likeness (QED) is 0.230. The first kappa shape index (κ1) is 33.8. The van der Waals surface area contributed by atoms with Crippen LogP contribution in [0.25, 0.3) is 32.9 Å². The summed E-state index contributed by atoms with van der Waals surface area (Å²) < 4.78 is 37.8. The van der Waals surface area contributed by atoms with Crippen molar-refractivity contribution in [2.45, 2.75) is 75.7 Å². The standard InChI is InChI=1S/C38H41ClF2N8O3/c1-21(2)35-43-29(52-46-35)10-11-30(50)47-18-24-14-25(19-47)49(24)36-27-16-42-33(26-8-3-6-22-7-4-9-28(39)31(22)26)32(41)34(27)44-37(45-36)51-20-38-12-5-13-48(38)17-23(40)15-38/h3-4,6-11,16,21,23-25,29,35,43,46H,5,12-15,17-20H2,1-2H3/b11-10+/t23-,24?,25?,29?,35?,38+/m1/s1. The Balaban J connectivity index is 1.04. The van der Waals surface area contributed by atoms with Crippen LogP contribution < -0.4 is 20.4 Å². The van der Waals surface area contributed by atoms with Gasteiger partial charge in [0.25, 0.3) is 0 Å². The number of benzene rings is 2. The van der Waals surface area contributed by atoms with Crippen LogP contribution in [0.5, 0.6) is 6.01 Å². The zero-order valence-corrected chi connectivity index (χ0v) is 29.8. The van der Waals surface area contributed by atoms with E-state index in [1.807, 2.05) is 29.2 Å². The third kappa shape index (κ3) is 5.77. The summed E-state index contributed by atoms with van der Waals surface area (Å²) in [6.07, 6.45) is 6.66. The number of alkyl halides is 1. The van der Waals surface area contributed by atoms with Crippen molar-refractivity contribution in [3.8, 4) is 17.3 Å². The molecule has 52 heavy (non-hydrogen) atoms. The minimum absolute atomic E-state index is 0.00765. The average molecular weight is 731 g/mol. The van der Waals surface area contributed by atoms with Crippen molar-refractivity contribution in [1.29, 1.82) is 0 Å². The number of pyridine rings is 1. The maximum Gasteiger partial charge on any atom is 0.319 e. The number of hydrogen-bond donors (Lipinski definition) is 2. The molecule has 11 nitrogen and oxygen atoms in total. The number of rotatable bonds is 8. The summed E-state index contributed by atoms with van der Waals surface area (Å²) in [7, 11) is 0. The van der Waals surface area contributed by atoms with Gasteiger partial charge < -0.3 is 14.5 Å². The van der Waals surface area contributed by atoms with E-state index < -0.39 is 23.8 Å². The number of anilines is 1. The van der Waals surface area contributed by atoms with Gasteiger partial charge in [0, 0.05) is 54.3 Å². The van der Waals surface area contributed by atoms with Crippen LogP contribution in [0.4, 0.5) is 14.6 Å². The molecular formula is C38H41ClF2N8O3. The maximum atomic E-state index is 16.9. The van der Waals surface area contributed by atoms with Gasteiger partial charge in [-0.05, 0) is 49.3 Å². The molecule has 2 bridgehead atoms. The normalized spacial score (nSPS) is 28.8. The number of aromatic nitrogens is 3. The minimum Gasteiger partial charge on any atom is -0.461 e. The fourth-order valence-electron chi connectivity index (χ4n) is 8.84. The first-order valence-corrected chi connectivity index (χ1v) is 18.5. The second-order valence-electron chi connectivity index (χ2n) is 15.1. The highest BCUT2D eigenvalue weighted by molar-refractivity contribution is 6.36. The molecule has 6 saturated heterocycles. The van der Waals surface area contributed by atoms with Crippen LogP contribution in [-0.2, 0) is 9.63 Å². The summed E-state index contributed by atoms with van der Waals surface area (Å²) in [5, 5.41) is 5.82. The van der Waals surface area contributed by atoms with Crippen LogP contribution in [0.3, 0.4) is 0 Å². The summed E-state index contributed by atoms with van der Waals surface area (Å²) in [5.41, 5.74) is 3.30. The molecule has 14 heteroatoms. The molecule has 2 N–H and O–H groups in total. The number of amides is 1. The SMILES string of the molecule is CC(C)C1NOC(/C=C/C(=O)N2CC3CC(C2)N3c2nc(OC[C@@]34CCCN3C[C@H](F)C4)nc3c(F)c(-c4cccc5cccc(Cl)c45)ncc23)N1. The van der Waals surface area contributed by atoms with E-state index in [9.17, 15) is 9.18 Å². The lowest BCUT2D eigenvalue weighted by Crippen LogP contribution is -2.70. The molecule has 10 rings (SSSR count). The Hall–Kier alpha value is -4.01. The monoisotopic (exact) mass is 730 g/mol. The van der Waals surface area contributed by atoms with Crippen molar-refractivity contribution in [2.24, 2.45) is 5.92 Å². The second kappa shape index (κ2) is 13.1. The summed E-state index contributed by atoms with van der Waals surface area (Å²) >= 11 is 6.64. The lowest BCUT2D eigenvalue weighted by molar-refractivity contribution is -0.129. The molecule has 0 saturated carbocycles.